The van der Waals surface area contributed by atoms with Crippen molar-refractivity contribution in [1.82, 2.24) is 4.98 Å². The number of hydrogen-bond acceptors (Lipinski definition) is 2. The van der Waals surface area contributed by atoms with Crippen LogP contribution in [0.4, 0.5) is 5.69 Å². The second-order valence-electron chi connectivity index (χ2n) is 2.86. The Labute approximate surface area is 99.0 Å². The summed E-state index contributed by atoms with van der Waals surface area (Å²) in [6.45, 7) is 0. The van der Waals surface area contributed by atoms with Crippen LogP contribution in [0.3, 0.4) is 0 Å². The molecule has 1 aromatic carbocycles. The molecule has 0 atom stereocenters. The first-order chi connectivity index (χ1) is 6.74. The van der Waals surface area contributed by atoms with Crippen LogP contribution in [-0.4, -0.2) is 12.0 Å². The number of nitrogens with zero attached hydrogens (tertiary/aromatic N) is 1. The summed E-state index contributed by atoms with van der Waals surface area (Å²) in [6.07, 6.45) is 1.80. The molecule has 0 saturated heterocycles. The standard InChI is InChI=1S/C10H8Br2N2/c1-13-8-4-5-14-10-7(12)3-2-6(11)9(8)10/h2-5H,1H3,(H,13,14). The van der Waals surface area contributed by atoms with Gasteiger partial charge in [-0.1, -0.05) is 15.9 Å². The molecule has 1 aromatic heterocycles. The molecule has 2 rings (SSSR count). The number of pyridine rings is 1. The second kappa shape index (κ2) is 3.87. The predicted octanol–water partition coefficient (Wildman–Crippen LogP) is 3.80. The molecule has 0 amide bonds. The molecule has 0 fully saturated rings. The molecular formula is C10H8Br2N2. The molecular weight excluding hydrogens is 308 g/mol. The third kappa shape index (κ3) is 1.53. The first-order valence-electron chi connectivity index (χ1n) is 4.14. The lowest BCUT2D eigenvalue weighted by Gasteiger charge is -2.07. The summed E-state index contributed by atoms with van der Waals surface area (Å²) < 4.78 is 2.06. The van der Waals surface area contributed by atoms with E-state index in [1.807, 2.05) is 25.2 Å². The Kier molecular flexibility index (Phi) is 2.74. The van der Waals surface area contributed by atoms with E-state index in [0.29, 0.717) is 0 Å². The quantitative estimate of drug-likeness (QED) is 0.865. The molecule has 4 heteroatoms. The Morgan fingerprint density at radius 2 is 1.86 bits per heavy atom. The Balaban J connectivity index is 2.92. The first kappa shape index (κ1) is 9.93. The Morgan fingerprint density at radius 1 is 1.14 bits per heavy atom. The molecule has 2 nitrogen and oxygen atoms in total. The van der Waals surface area contributed by atoms with Crippen molar-refractivity contribution in [3.63, 3.8) is 0 Å². The summed E-state index contributed by atoms with van der Waals surface area (Å²) >= 11 is 7.01. The number of rotatable bonds is 1. The van der Waals surface area contributed by atoms with Gasteiger partial charge in [-0.3, -0.25) is 4.98 Å². The molecule has 0 aliphatic carbocycles. The number of hydrogen-bond donors (Lipinski definition) is 1. The summed E-state index contributed by atoms with van der Waals surface area (Å²) in [5.41, 5.74) is 2.04. The van der Waals surface area contributed by atoms with Gasteiger partial charge >= 0.3 is 0 Å². The van der Waals surface area contributed by atoms with E-state index in [1.165, 1.54) is 0 Å². The Bertz CT molecular complexity index is 483. The van der Waals surface area contributed by atoms with E-state index in [4.69, 9.17) is 0 Å². The summed E-state index contributed by atoms with van der Waals surface area (Å²) in [5.74, 6) is 0. The maximum Gasteiger partial charge on any atom is 0.0876 e. The maximum atomic E-state index is 4.33. The lowest BCUT2D eigenvalue weighted by molar-refractivity contribution is 1.38. The van der Waals surface area contributed by atoms with Crippen LogP contribution < -0.4 is 5.32 Å². The smallest absolute Gasteiger partial charge is 0.0876 e. The summed E-state index contributed by atoms with van der Waals surface area (Å²) in [4.78, 5) is 4.33. The highest BCUT2D eigenvalue weighted by Crippen LogP contribution is 2.33. The number of aromatic nitrogens is 1. The van der Waals surface area contributed by atoms with Crippen LogP contribution in [0.1, 0.15) is 0 Å². The molecule has 0 saturated carbocycles. The molecule has 1 N–H and O–H groups in total. The van der Waals surface area contributed by atoms with Crippen LogP contribution >= 0.6 is 31.9 Å². The topological polar surface area (TPSA) is 24.9 Å². The van der Waals surface area contributed by atoms with Crippen molar-refractivity contribution in [2.24, 2.45) is 0 Å². The molecule has 72 valence electrons. The normalized spacial score (nSPS) is 10.5. The van der Waals surface area contributed by atoms with E-state index in [2.05, 4.69) is 42.2 Å². The van der Waals surface area contributed by atoms with Crippen LogP contribution in [0.5, 0.6) is 0 Å². The van der Waals surface area contributed by atoms with Gasteiger partial charge in [0.1, 0.15) is 0 Å². The third-order valence-corrected chi connectivity index (χ3v) is 3.36. The monoisotopic (exact) mass is 314 g/mol. The average Bonchev–Trinajstić information content (AvgIpc) is 2.23. The largest absolute Gasteiger partial charge is 0.387 e. The number of nitrogens with one attached hydrogen (secondary N) is 1. The molecule has 0 bridgehead atoms. The van der Waals surface area contributed by atoms with E-state index < -0.39 is 0 Å². The zero-order valence-corrected chi connectivity index (χ0v) is 10.7. The van der Waals surface area contributed by atoms with Gasteiger partial charge < -0.3 is 5.32 Å². The highest BCUT2D eigenvalue weighted by Gasteiger charge is 2.07. The first-order valence-corrected chi connectivity index (χ1v) is 5.73. The summed E-state index contributed by atoms with van der Waals surface area (Å²) in [7, 11) is 1.90. The molecule has 0 radical (unpaired) electrons. The van der Waals surface area contributed by atoms with Gasteiger partial charge in [-0.2, -0.15) is 0 Å². The lowest BCUT2D eigenvalue weighted by Crippen LogP contribution is -1.91. The zero-order valence-electron chi connectivity index (χ0n) is 7.51. The van der Waals surface area contributed by atoms with Gasteiger partial charge in [0.2, 0.25) is 0 Å². The van der Waals surface area contributed by atoms with Crippen LogP contribution in [-0.2, 0) is 0 Å². The van der Waals surface area contributed by atoms with E-state index in [-0.39, 0.29) is 0 Å². The highest BCUT2D eigenvalue weighted by molar-refractivity contribution is 9.11. The maximum absolute atomic E-state index is 4.33. The minimum atomic E-state index is 0.964. The fourth-order valence-corrected chi connectivity index (χ4v) is 2.37. The Hall–Kier alpha value is -0.610. The summed E-state index contributed by atoms with van der Waals surface area (Å²) in [6, 6.07) is 5.95. The molecule has 0 unspecified atom stereocenters. The molecule has 0 aliphatic rings. The molecule has 2 aromatic rings. The fourth-order valence-electron chi connectivity index (χ4n) is 1.40. The minimum absolute atomic E-state index is 0.964. The molecule has 1 heterocycles. The minimum Gasteiger partial charge on any atom is -0.387 e. The highest BCUT2D eigenvalue weighted by atomic mass is 79.9. The molecule has 0 aliphatic heterocycles. The van der Waals surface area contributed by atoms with Gasteiger partial charge in [-0.25, -0.2) is 0 Å². The van der Waals surface area contributed by atoms with Crippen molar-refractivity contribution in [1.29, 1.82) is 0 Å². The van der Waals surface area contributed by atoms with Gasteiger partial charge in [-0.15, -0.1) is 0 Å². The van der Waals surface area contributed by atoms with Crippen molar-refractivity contribution in [3.8, 4) is 0 Å². The SMILES string of the molecule is CNc1ccnc2c(Br)ccc(Br)c12. The van der Waals surface area contributed by atoms with Gasteiger partial charge in [0.15, 0.2) is 0 Å². The Morgan fingerprint density at radius 3 is 2.57 bits per heavy atom. The van der Waals surface area contributed by atoms with Crippen molar-refractivity contribution in [2.45, 2.75) is 0 Å². The van der Waals surface area contributed by atoms with Gasteiger partial charge in [0.05, 0.1) is 5.52 Å². The zero-order chi connectivity index (χ0) is 10.1. The van der Waals surface area contributed by atoms with Crippen LogP contribution in [0.2, 0.25) is 0 Å². The molecule has 14 heavy (non-hydrogen) atoms. The average molecular weight is 316 g/mol. The van der Waals surface area contributed by atoms with Crippen molar-refractivity contribution >= 4 is 48.5 Å². The van der Waals surface area contributed by atoms with Crippen molar-refractivity contribution in [2.75, 3.05) is 12.4 Å². The van der Waals surface area contributed by atoms with Gasteiger partial charge in [-0.05, 0) is 34.1 Å². The number of anilines is 1. The van der Waals surface area contributed by atoms with E-state index in [1.54, 1.807) is 6.20 Å². The van der Waals surface area contributed by atoms with Gasteiger partial charge in [0.25, 0.3) is 0 Å². The number of fused-ring (bicyclic) bond motifs is 1. The number of benzene rings is 1. The third-order valence-electron chi connectivity index (χ3n) is 2.06. The van der Waals surface area contributed by atoms with Crippen molar-refractivity contribution in [3.05, 3.63) is 33.3 Å². The van der Waals surface area contributed by atoms with Crippen LogP contribution in [0, 0.1) is 0 Å². The second-order valence-corrected chi connectivity index (χ2v) is 4.57. The number of halogens is 2. The fraction of sp³-hybridized carbons (Fsp3) is 0.100. The lowest BCUT2D eigenvalue weighted by atomic mass is 10.2. The van der Waals surface area contributed by atoms with E-state index in [9.17, 15) is 0 Å². The molecule has 0 spiro atoms. The summed E-state index contributed by atoms with van der Waals surface area (Å²) in [5, 5.41) is 4.25. The van der Waals surface area contributed by atoms with Crippen LogP contribution in [0.25, 0.3) is 10.9 Å². The van der Waals surface area contributed by atoms with E-state index in [0.717, 1.165) is 25.5 Å². The van der Waals surface area contributed by atoms with Gasteiger partial charge in [0, 0.05) is 33.3 Å². The van der Waals surface area contributed by atoms with Crippen LogP contribution in [0.15, 0.2) is 33.3 Å². The van der Waals surface area contributed by atoms with Crippen molar-refractivity contribution < 1.29 is 0 Å². The predicted molar refractivity (Wildman–Crippen MR) is 66.7 cm³/mol. The van der Waals surface area contributed by atoms with E-state index >= 15 is 0 Å².